The molecule has 0 spiro atoms. The summed E-state index contributed by atoms with van der Waals surface area (Å²) in [4.78, 5) is 15.8. The first-order chi connectivity index (χ1) is 9.50. The largest absolute Gasteiger partial charge is 0.463 e. The van der Waals surface area contributed by atoms with Crippen molar-refractivity contribution >= 4 is 11.6 Å². The maximum absolute atomic E-state index is 5.83. The van der Waals surface area contributed by atoms with Crippen LogP contribution in [0.15, 0.2) is 12.7 Å². The molecule has 8 nitrogen and oxygen atoms in total. The molecule has 2 aromatic heterocycles. The van der Waals surface area contributed by atoms with Gasteiger partial charge >= 0.3 is 6.01 Å². The van der Waals surface area contributed by atoms with Gasteiger partial charge in [0, 0.05) is 13.5 Å². The summed E-state index contributed by atoms with van der Waals surface area (Å²) in [6, 6.07) is 0.141. The van der Waals surface area contributed by atoms with Crippen molar-refractivity contribution in [1.29, 1.82) is 0 Å². The van der Waals surface area contributed by atoms with Gasteiger partial charge in [0.1, 0.15) is 12.7 Å². The molecule has 9 heteroatoms. The lowest BCUT2D eigenvalue weighted by Gasteiger charge is -2.22. The molecule has 0 atom stereocenters. The molecule has 0 bridgehead atoms. The molecular weight excluding hydrogens is 284 g/mol. The number of hydrogen-bond acceptors (Lipinski definition) is 7. The van der Waals surface area contributed by atoms with Crippen LogP contribution >= 0.6 is 11.6 Å². The van der Waals surface area contributed by atoms with Crippen LogP contribution in [0.5, 0.6) is 6.01 Å². The van der Waals surface area contributed by atoms with Crippen LogP contribution < -0.4 is 4.74 Å². The molecule has 0 saturated heterocycles. The Labute approximate surface area is 121 Å². The Kier molecular flexibility index (Phi) is 4.46. The van der Waals surface area contributed by atoms with Crippen molar-refractivity contribution in [2.24, 2.45) is 0 Å². The van der Waals surface area contributed by atoms with Gasteiger partial charge in [-0.1, -0.05) is 0 Å². The Morgan fingerprint density at radius 2 is 2.10 bits per heavy atom. The van der Waals surface area contributed by atoms with Crippen molar-refractivity contribution < 1.29 is 9.47 Å². The topological polar surface area (TPSA) is 87.8 Å². The lowest BCUT2D eigenvalue weighted by molar-refractivity contribution is 0.00465. The Morgan fingerprint density at radius 3 is 2.75 bits per heavy atom. The lowest BCUT2D eigenvalue weighted by atomic mass is 10.1. The standard InChI is InChI=1S/C11H15ClN6O2/c1-11(2,19-3)4-5-20-10-16-8(12)15-9(17-10)18-7-13-6-14-18/h6-7H,4-5H2,1-3H3. The molecule has 108 valence electrons. The first-order valence-electron chi connectivity index (χ1n) is 5.95. The molecule has 0 amide bonds. The molecule has 0 aromatic carbocycles. The minimum atomic E-state index is -0.272. The van der Waals surface area contributed by atoms with Gasteiger partial charge in [0.25, 0.3) is 5.95 Å². The van der Waals surface area contributed by atoms with Gasteiger partial charge in [-0.3, -0.25) is 0 Å². The molecule has 0 fully saturated rings. The van der Waals surface area contributed by atoms with Gasteiger partial charge in [0.2, 0.25) is 5.28 Å². The third-order valence-electron chi connectivity index (χ3n) is 2.69. The van der Waals surface area contributed by atoms with E-state index in [9.17, 15) is 0 Å². The third kappa shape index (κ3) is 3.84. The molecule has 0 radical (unpaired) electrons. The van der Waals surface area contributed by atoms with Gasteiger partial charge < -0.3 is 9.47 Å². The van der Waals surface area contributed by atoms with Crippen LogP contribution in [0, 0.1) is 0 Å². The normalized spacial score (nSPS) is 11.6. The van der Waals surface area contributed by atoms with Crippen molar-refractivity contribution in [2.75, 3.05) is 13.7 Å². The molecule has 0 aliphatic rings. The lowest BCUT2D eigenvalue weighted by Crippen LogP contribution is -2.25. The average molecular weight is 299 g/mol. The van der Waals surface area contributed by atoms with E-state index in [4.69, 9.17) is 21.1 Å². The van der Waals surface area contributed by atoms with E-state index in [1.165, 1.54) is 17.3 Å². The van der Waals surface area contributed by atoms with E-state index in [0.717, 1.165) is 0 Å². The number of ether oxygens (including phenoxy) is 2. The average Bonchev–Trinajstić information content (AvgIpc) is 2.92. The Hall–Kier alpha value is -1.80. The quantitative estimate of drug-likeness (QED) is 0.794. The van der Waals surface area contributed by atoms with Crippen molar-refractivity contribution in [3.63, 3.8) is 0 Å². The van der Waals surface area contributed by atoms with Crippen LogP contribution in [-0.4, -0.2) is 49.0 Å². The van der Waals surface area contributed by atoms with E-state index in [0.29, 0.717) is 13.0 Å². The smallest absolute Gasteiger partial charge is 0.322 e. The van der Waals surface area contributed by atoms with Crippen LogP contribution in [0.4, 0.5) is 0 Å². The molecule has 0 aliphatic carbocycles. The summed E-state index contributed by atoms with van der Waals surface area (Å²) >= 11 is 5.83. The fourth-order valence-electron chi connectivity index (χ4n) is 1.29. The number of aromatic nitrogens is 6. The Morgan fingerprint density at radius 1 is 1.30 bits per heavy atom. The highest BCUT2D eigenvalue weighted by atomic mass is 35.5. The summed E-state index contributed by atoms with van der Waals surface area (Å²) in [5, 5.41) is 3.95. The van der Waals surface area contributed by atoms with Crippen LogP contribution in [0.25, 0.3) is 5.95 Å². The summed E-state index contributed by atoms with van der Waals surface area (Å²) in [5.41, 5.74) is -0.272. The fraction of sp³-hybridized carbons (Fsp3) is 0.545. The van der Waals surface area contributed by atoms with Gasteiger partial charge in [-0.05, 0) is 25.4 Å². The number of hydrogen-bond donors (Lipinski definition) is 0. The highest BCUT2D eigenvalue weighted by Crippen LogP contribution is 2.15. The van der Waals surface area contributed by atoms with Gasteiger partial charge in [-0.15, -0.1) is 0 Å². The van der Waals surface area contributed by atoms with E-state index in [-0.39, 0.29) is 22.8 Å². The predicted molar refractivity (Wildman–Crippen MR) is 71.0 cm³/mol. The van der Waals surface area contributed by atoms with E-state index in [2.05, 4.69) is 25.0 Å². The predicted octanol–water partition coefficient (Wildman–Crippen LogP) is 1.30. The summed E-state index contributed by atoms with van der Waals surface area (Å²) in [6.45, 7) is 4.34. The van der Waals surface area contributed by atoms with E-state index >= 15 is 0 Å². The van der Waals surface area contributed by atoms with Crippen LogP contribution in [0.3, 0.4) is 0 Å². The van der Waals surface area contributed by atoms with E-state index in [1.807, 2.05) is 13.8 Å². The van der Waals surface area contributed by atoms with Crippen molar-refractivity contribution in [1.82, 2.24) is 29.7 Å². The molecule has 0 N–H and O–H groups in total. The maximum Gasteiger partial charge on any atom is 0.322 e. The molecule has 0 unspecified atom stereocenters. The molecule has 2 rings (SSSR count). The fourth-order valence-corrected chi connectivity index (χ4v) is 1.44. The maximum atomic E-state index is 5.83. The number of rotatable bonds is 6. The Bertz CT molecular complexity index is 560. The number of nitrogens with zero attached hydrogens (tertiary/aromatic N) is 6. The summed E-state index contributed by atoms with van der Waals surface area (Å²) < 4.78 is 12.1. The van der Waals surface area contributed by atoms with Crippen molar-refractivity contribution in [3.8, 4) is 12.0 Å². The molecule has 2 aromatic rings. The molecular formula is C11H15ClN6O2. The number of methoxy groups -OCH3 is 1. The van der Waals surface area contributed by atoms with E-state index < -0.39 is 0 Å². The number of halogens is 1. The second-order valence-corrected chi connectivity index (χ2v) is 4.93. The first-order valence-corrected chi connectivity index (χ1v) is 6.32. The van der Waals surface area contributed by atoms with E-state index in [1.54, 1.807) is 7.11 Å². The zero-order valence-electron chi connectivity index (χ0n) is 11.4. The molecule has 2 heterocycles. The highest BCUT2D eigenvalue weighted by molar-refractivity contribution is 6.28. The van der Waals surface area contributed by atoms with Gasteiger partial charge in [0.05, 0.1) is 12.2 Å². The SMILES string of the molecule is COC(C)(C)CCOc1nc(Cl)nc(-n2cncn2)n1. The molecule has 0 aliphatic heterocycles. The first kappa shape index (κ1) is 14.6. The van der Waals surface area contributed by atoms with Gasteiger partial charge in [0.15, 0.2) is 0 Å². The zero-order valence-corrected chi connectivity index (χ0v) is 12.2. The van der Waals surface area contributed by atoms with Crippen LogP contribution in [0.1, 0.15) is 20.3 Å². The van der Waals surface area contributed by atoms with Gasteiger partial charge in [-0.2, -0.15) is 24.7 Å². The van der Waals surface area contributed by atoms with Crippen molar-refractivity contribution in [2.45, 2.75) is 25.9 Å². The summed E-state index contributed by atoms with van der Waals surface area (Å²) in [5.74, 6) is 0.253. The van der Waals surface area contributed by atoms with Crippen LogP contribution in [-0.2, 0) is 4.74 Å². The van der Waals surface area contributed by atoms with Crippen molar-refractivity contribution in [3.05, 3.63) is 17.9 Å². The summed E-state index contributed by atoms with van der Waals surface area (Å²) in [7, 11) is 1.66. The minimum absolute atomic E-state index is 0.0338. The highest BCUT2D eigenvalue weighted by Gasteiger charge is 2.17. The zero-order chi connectivity index (χ0) is 14.6. The Balaban J connectivity index is 2.05. The second kappa shape index (κ2) is 6.10. The van der Waals surface area contributed by atoms with Gasteiger partial charge in [-0.25, -0.2) is 4.98 Å². The molecule has 0 saturated carbocycles. The van der Waals surface area contributed by atoms with Crippen LogP contribution in [0.2, 0.25) is 5.28 Å². The third-order valence-corrected chi connectivity index (χ3v) is 2.86. The summed E-state index contributed by atoms with van der Waals surface area (Å²) in [6.07, 6.45) is 3.52. The monoisotopic (exact) mass is 298 g/mol. The minimum Gasteiger partial charge on any atom is -0.463 e. The molecule has 20 heavy (non-hydrogen) atoms. The second-order valence-electron chi connectivity index (χ2n) is 4.59.